The van der Waals surface area contributed by atoms with E-state index in [0.29, 0.717) is 0 Å². The summed E-state index contributed by atoms with van der Waals surface area (Å²) in [5.41, 5.74) is 5.35. The van der Waals surface area contributed by atoms with Crippen molar-refractivity contribution in [3.8, 4) is 0 Å². The average molecular weight is 166 g/mol. The molecule has 0 aromatic rings. The molecule has 0 unspecified atom stereocenters. The molecule has 0 aliphatic carbocycles. The third-order valence-corrected chi connectivity index (χ3v) is 0. The number of nitrogens with two attached hydrogens (primary N) is 1. The maximum atomic E-state index is 5.35. The van der Waals surface area contributed by atoms with Crippen molar-refractivity contribution in [3.63, 3.8) is 0 Å². The van der Waals surface area contributed by atoms with Gasteiger partial charge in [-0.25, -0.2) is 0 Å². The largest absolute Gasteiger partial charge is 0.326 e. The van der Waals surface area contributed by atoms with Crippen molar-refractivity contribution in [2.24, 2.45) is 5.73 Å². The molecule has 0 aliphatic rings. The Bertz CT molecular complexity index is 23.0. The van der Waals surface area contributed by atoms with Gasteiger partial charge in [0.1, 0.15) is 0 Å². The van der Waals surface area contributed by atoms with Crippen LogP contribution in [0, 0.1) is 0 Å². The topological polar surface area (TPSA) is 26.0 Å². The van der Waals surface area contributed by atoms with Gasteiger partial charge >= 0.3 is 0 Å². The Kier molecular flexibility index (Phi) is 4.61. The molecule has 6 heavy (non-hydrogen) atoms. The van der Waals surface area contributed by atoms with Crippen molar-refractivity contribution < 1.29 is 22.4 Å². The summed E-state index contributed by atoms with van der Waals surface area (Å²) in [5, 5.41) is 0. The zero-order chi connectivity index (χ0) is 4.50. The predicted octanol–water partition coefficient (Wildman–Crippen LogP) is 0.741. The molecule has 0 aromatic carbocycles. The van der Waals surface area contributed by atoms with Gasteiger partial charge in [0.25, 0.3) is 0 Å². The first kappa shape index (κ1) is 9.85. The molecular formula is C4H11NNb. The summed E-state index contributed by atoms with van der Waals surface area (Å²) >= 11 is 0. The van der Waals surface area contributed by atoms with Crippen LogP contribution in [0.1, 0.15) is 20.8 Å². The van der Waals surface area contributed by atoms with E-state index in [1.54, 1.807) is 0 Å². The van der Waals surface area contributed by atoms with Crippen molar-refractivity contribution >= 4 is 0 Å². The molecular weight excluding hydrogens is 155 g/mol. The molecule has 0 heterocycles. The first-order chi connectivity index (χ1) is 2.00. The van der Waals surface area contributed by atoms with Gasteiger partial charge in [0, 0.05) is 27.9 Å². The van der Waals surface area contributed by atoms with E-state index in [1.807, 2.05) is 20.8 Å². The molecule has 0 fully saturated rings. The third-order valence-electron chi connectivity index (χ3n) is 0. The summed E-state index contributed by atoms with van der Waals surface area (Å²) in [6.07, 6.45) is 0. The fourth-order valence-electron chi connectivity index (χ4n) is 0. The summed E-state index contributed by atoms with van der Waals surface area (Å²) in [6.45, 7) is 5.90. The summed E-state index contributed by atoms with van der Waals surface area (Å²) in [4.78, 5) is 0. The van der Waals surface area contributed by atoms with Crippen LogP contribution in [0.4, 0.5) is 0 Å². The zero-order valence-corrected chi connectivity index (χ0v) is 6.72. The molecule has 1 radical (unpaired) electrons. The van der Waals surface area contributed by atoms with Gasteiger partial charge in [0.05, 0.1) is 0 Å². The Morgan fingerprint density at radius 2 is 1.17 bits per heavy atom. The van der Waals surface area contributed by atoms with Gasteiger partial charge in [-0.05, 0) is 20.8 Å². The van der Waals surface area contributed by atoms with Gasteiger partial charge in [0.2, 0.25) is 0 Å². The molecule has 37 valence electrons. The van der Waals surface area contributed by atoms with E-state index < -0.39 is 0 Å². The van der Waals surface area contributed by atoms with E-state index in [4.69, 9.17) is 5.73 Å². The zero-order valence-electron chi connectivity index (χ0n) is 4.52. The SMILES string of the molecule is CC(C)(C)N.[Nb]. The summed E-state index contributed by atoms with van der Waals surface area (Å²) in [6, 6.07) is 0. The maximum absolute atomic E-state index is 5.35. The second-order valence-electron chi connectivity index (χ2n) is 2.37. The first-order valence-electron chi connectivity index (χ1n) is 1.79. The van der Waals surface area contributed by atoms with Gasteiger partial charge in [0.15, 0.2) is 0 Å². The first-order valence-corrected chi connectivity index (χ1v) is 1.79. The Morgan fingerprint density at radius 3 is 1.17 bits per heavy atom. The van der Waals surface area contributed by atoms with Crippen molar-refractivity contribution in [1.29, 1.82) is 0 Å². The van der Waals surface area contributed by atoms with Crippen LogP contribution in [0.15, 0.2) is 0 Å². The second kappa shape index (κ2) is 2.81. The molecule has 0 saturated carbocycles. The minimum absolute atomic E-state index is 0. The van der Waals surface area contributed by atoms with Crippen molar-refractivity contribution in [1.82, 2.24) is 0 Å². The van der Waals surface area contributed by atoms with E-state index in [0.717, 1.165) is 0 Å². The normalized spacial score (nSPS) is 10.0. The summed E-state index contributed by atoms with van der Waals surface area (Å²) < 4.78 is 0. The van der Waals surface area contributed by atoms with E-state index >= 15 is 0 Å². The minimum atomic E-state index is 0. The third kappa shape index (κ3) is 131. The second-order valence-corrected chi connectivity index (χ2v) is 2.37. The Labute approximate surface area is 54.8 Å². The summed E-state index contributed by atoms with van der Waals surface area (Å²) in [7, 11) is 0. The van der Waals surface area contributed by atoms with Gasteiger partial charge < -0.3 is 5.73 Å². The van der Waals surface area contributed by atoms with Gasteiger partial charge in [-0.15, -0.1) is 0 Å². The van der Waals surface area contributed by atoms with E-state index in [2.05, 4.69) is 0 Å². The average Bonchev–Trinajstić information content (AvgIpc) is 0.722. The quantitative estimate of drug-likeness (QED) is 0.527. The molecule has 0 amide bonds. The smallest absolute Gasteiger partial charge is 0.00686 e. The minimum Gasteiger partial charge on any atom is -0.326 e. The predicted molar refractivity (Wildman–Crippen MR) is 23.9 cm³/mol. The molecule has 0 atom stereocenters. The van der Waals surface area contributed by atoms with E-state index in [-0.39, 0.29) is 27.9 Å². The van der Waals surface area contributed by atoms with Crippen LogP contribution in [0.2, 0.25) is 0 Å². The van der Waals surface area contributed by atoms with Crippen LogP contribution >= 0.6 is 0 Å². The fraction of sp³-hybridized carbons (Fsp3) is 1.00. The van der Waals surface area contributed by atoms with Gasteiger partial charge in [-0.2, -0.15) is 0 Å². The molecule has 0 bridgehead atoms. The molecule has 0 rings (SSSR count). The molecule has 0 aliphatic heterocycles. The van der Waals surface area contributed by atoms with Crippen molar-refractivity contribution in [2.45, 2.75) is 26.3 Å². The van der Waals surface area contributed by atoms with Crippen LogP contribution < -0.4 is 5.73 Å². The Hall–Kier alpha value is 0.700. The van der Waals surface area contributed by atoms with Gasteiger partial charge in [-0.1, -0.05) is 0 Å². The number of hydrogen-bond acceptors (Lipinski definition) is 1. The molecule has 1 nitrogen and oxygen atoms in total. The number of rotatable bonds is 0. The molecule has 0 spiro atoms. The molecule has 0 saturated heterocycles. The standard InChI is InChI=1S/C4H11N.Nb/c1-4(2,3)5;/h5H2,1-3H3;. The van der Waals surface area contributed by atoms with Crippen LogP contribution in [-0.2, 0) is 22.4 Å². The molecule has 0 aromatic heterocycles. The maximum Gasteiger partial charge on any atom is 0.00686 e. The van der Waals surface area contributed by atoms with Gasteiger partial charge in [-0.3, -0.25) is 0 Å². The van der Waals surface area contributed by atoms with Crippen LogP contribution in [0.5, 0.6) is 0 Å². The Balaban J connectivity index is 0. The molecule has 2 N–H and O–H groups in total. The Morgan fingerprint density at radius 1 is 1.17 bits per heavy atom. The van der Waals surface area contributed by atoms with E-state index in [1.165, 1.54) is 0 Å². The van der Waals surface area contributed by atoms with Crippen molar-refractivity contribution in [2.75, 3.05) is 0 Å². The fourth-order valence-corrected chi connectivity index (χ4v) is 0. The van der Waals surface area contributed by atoms with Crippen LogP contribution in [0.3, 0.4) is 0 Å². The summed E-state index contributed by atoms with van der Waals surface area (Å²) in [5.74, 6) is 0. The van der Waals surface area contributed by atoms with Crippen LogP contribution in [0.25, 0.3) is 0 Å². The molecule has 2 heteroatoms. The van der Waals surface area contributed by atoms with E-state index in [9.17, 15) is 0 Å². The van der Waals surface area contributed by atoms with Crippen LogP contribution in [-0.4, -0.2) is 5.54 Å². The van der Waals surface area contributed by atoms with Crippen molar-refractivity contribution in [3.05, 3.63) is 0 Å². The monoisotopic (exact) mass is 166 g/mol. The number of hydrogen-bond donors (Lipinski definition) is 1.